The van der Waals surface area contributed by atoms with Crippen molar-refractivity contribution in [3.05, 3.63) is 29.8 Å². The number of benzene rings is 1. The van der Waals surface area contributed by atoms with Crippen molar-refractivity contribution < 1.29 is 63.6 Å². The number of hydrogen-bond acceptors (Lipinski definition) is 14. The van der Waals surface area contributed by atoms with Crippen molar-refractivity contribution in [3.8, 4) is 5.75 Å². The van der Waals surface area contributed by atoms with Crippen LogP contribution in [0.2, 0.25) is 0 Å². The number of nitrogens with one attached hydrogen (secondary N) is 4. The number of carboxylic acid groups (broad SMARTS) is 1. The number of rotatable bonds is 23. The molecule has 25 nitrogen and oxygen atoms in total. The summed E-state index contributed by atoms with van der Waals surface area (Å²) in [5.74, 6) is -6.95. The number of aliphatic hydroxyl groups excluding tert-OH is 2. The van der Waals surface area contributed by atoms with Crippen LogP contribution in [0.3, 0.4) is 0 Å². The van der Waals surface area contributed by atoms with Crippen LogP contribution in [0.25, 0.3) is 0 Å². The molecule has 4 fully saturated rings. The number of aliphatic imine (C=N–C) groups is 1. The fraction of sp³-hybridized carbons (Fsp3) is 0.673. The number of phenolic OH excluding ortho intramolecular Hbond substituents is 1. The average Bonchev–Trinajstić information content (AvgIpc) is 4.20. The second-order valence-electron chi connectivity index (χ2n) is 20.2. The maximum absolute atomic E-state index is 14.5. The number of likely N-dealkylation sites (tertiary alicyclic amines) is 4. The largest absolute Gasteiger partial charge is 0.508 e. The number of carbonyl (C=O) groups is 9. The molecule has 0 aliphatic carbocycles. The van der Waals surface area contributed by atoms with Gasteiger partial charge < -0.3 is 78.5 Å². The van der Waals surface area contributed by atoms with Gasteiger partial charge in [0.05, 0.1) is 12.2 Å². The van der Waals surface area contributed by atoms with Crippen molar-refractivity contribution in [2.24, 2.45) is 28.1 Å². The van der Waals surface area contributed by atoms with Crippen molar-refractivity contribution in [3.63, 3.8) is 0 Å². The van der Waals surface area contributed by atoms with Crippen LogP contribution >= 0.6 is 0 Å². The first kappa shape index (κ1) is 58.3. The Morgan fingerprint density at radius 2 is 1.14 bits per heavy atom. The Balaban J connectivity index is 1.33. The lowest BCUT2D eigenvalue weighted by Crippen LogP contribution is -2.61. The number of phenols is 1. The molecule has 8 amide bonds. The molecule has 0 radical (unpaired) electrons. The first-order valence-electron chi connectivity index (χ1n) is 25.6. The van der Waals surface area contributed by atoms with E-state index in [1.807, 2.05) is 13.8 Å². The maximum atomic E-state index is 14.5. The predicted molar refractivity (Wildman–Crippen MR) is 267 cm³/mol. The van der Waals surface area contributed by atoms with Crippen LogP contribution in [0.4, 0.5) is 0 Å². The molecule has 14 N–H and O–H groups in total. The zero-order valence-corrected chi connectivity index (χ0v) is 42.7. The van der Waals surface area contributed by atoms with E-state index in [2.05, 4.69) is 26.3 Å². The second-order valence-corrected chi connectivity index (χ2v) is 20.2. The summed E-state index contributed by atoms with van der Waals surface area (Å²) in [5, 5.41) is 51.1. The summed E-state index contributed by atoms with van der Waals surface area (Å²) in [6.07, 6.45) is 0.313. The molecule has 0 aromatic heterocycles. The van der Waals surface area contributed by atoms with E-state index in [1.54, 1.807) is 12.1 Å². The molecule has 11 atom stereocenters. The Hall–Kier alpha value is -6.60. The number of aliphatic carboxylic acids is 1. The van der Waals surface area contributed by atoms with Crippen LogP contribution in [-0.4, -0.2) is 199 Å². The van der Waals surface area contributed by atoms with E-state index in [0.717, 1.165) is 4.90 Å². The average molecular weight is 1040 g/mol. The molecular weight excluding hydrogens is 965 g/mol. The lowest BCUT2D eigenvalue weighted by atomic mass is 10.00. The molecule has 74 heavy (non-hydrogen) atoms. The Morgan fingerprint density at radius 3 is 1.69 bits per heavy atom. The van der Waals surface area contributed by atoms with Gasteiger partial charge in [0.25, 0.3) is 0 Å². The van der Waals surface area contributed by atoms with Gasteiger partial charge in [-0.25, -0.2) is 4.79 Å². The van der Waals surface area contributed by atoms with Gasteiger partial charge in [-0.15, -0.1) is 0 Å². The number of aliphatic hydroxyl groups is 2. The molecule has 4 saturated heterocycles. The standard InChI is InChI=1S/C49H76N12O13/c1-26(2)24-33(45(70)58-20-6-12-35(58)42(67)57-39(28(4)63)47(72)61-23-9-14-37(61)48(73)74)56-40(65)32(25-29-15-17-30(64)18-16-29)55-41(66)34-11-7-21-59(34)46(71)36-13-8-22-60(36)44(69)31(10-5-19-53-49(51)52)54-43(68)38(50)27(3)62/h15-18,26-28,31-39,62-64H,5-14,19-25,50H2,1-4H3,(H,54,68)(H,55,66)(H,56,65)(H,57,67)(H,73,74)(H4,51,52,53)/t27-,28-,31+,32+,33+,34+,35+,36+,37+,38+,39+/m1/s1. The minimum absolute atomic E-state index is 0.0438. The minimum atomic E-state index is -1.49. The SMILES string of the molecule is CC(C)C[C@H](NC(=O)[C@H](Cc1ccc(O)cc1)NC(=O)[C@@H]1CCCN1C(=O)[C@@H]1CCCN1C(=O)[C@H](CCCN=C(N)N)NC(=O)[C@@H](N)[C@@H](C)O)C(=O)N1CCC[C@H]1C(=O)N[C@H](C(=O)N1CCC[C@H]1C(=O)O)[C@@H](C)O. The van der Waals surface area contributed by atoms with Crippen LogP contribution in [0.1, 0.15) is 104 Å². The van der Waals surface area contributed by atoms with Gasteiger partial charge in [-0.1, -0.05) is 26.0 Å². The first-order chi connectivity index (χ1) is 35.0. The molecule has 1 aromatic carbocycles. The molecule has 4 aliphatic rings. The fourth-order valence-electron chi connectivity index (χ4n) is 10.1. The van der Waals surface area contributed by atoms with Gasteiger partial charge in [0.1, 0.15) is 60.1 Å². The third-order valence-corrected chi connectivity index (χ3v) is 14.1. The zero-order chi connectivity index (χ0) is 54.6. The molecule has 1 aromatic rings. The highest BCUT2D eigenvalue weighted by Gasteiger charge is 2.46. The smallest absolute Gasteiger partial charge is 0.326 e. The van der Waals surface area contributed by atoms with E-state index in [9.17, 15) is 63.6 Å². The summed E-state index contributed by atoms with van der Waals surface area (Å²) in [4.78, 5) is 134. The van der Waals surface area contributed by atoms with Gasteiger partial charge in [0.2, 0.25) is 47.3 Å². The fourth-order valence-corrected chi connectivity index (χ4v) is 10.1. The number of aromatic hydroxyl groups is 1. The van der Waals surface area contributed by atoms with Crippen molar-refractivity contribution in [1.82, 2.24) is 40.9 Å². The van der Waals surface area contributed by atoms with Crippen LogP contribution < -0.4 is 38.5 Å². The van der Waals surface area contributed by atoms with E-state index >= 15 is 0 Å². The molecule has 25 heteroatoms. The second kappa shape index (κ2) is 26.6. The van der Waals surface area contributed by atoms with Gasteiger partial charge in [0, 0.05) is 39.1 Å². The zero-order valence-electron chi connectivity index (χ0n) is 42.7. The first-order valence-corrected chi connectivity index (χ1v) is 25.6. The third-order valence-electron chi connectivity index (χ3n) is 14.1. The minimum Gasteiger partial charge on any atom is -0.508 e. The Bertz CT molecular complexity index is 2220. The number of hydrogen-bond donors (Lipinski definition) is 11. The maximum Gasteiger partial charge on any atom is 0.326 e. The topological polar surface area (TPSA) is 386 Å². The molecule has 0 saturated carbocycles. The van der Waals surface area contributed by atoms with E-state index in [0.29, 0.717) is 31.2 Å². The summed E-state index contributed by atoms with van der Waals surface area (Å²) >= 11 is 0. The van der Waals surface area contributed by atoms with Gasteiger partial charge >= 0.3 is 5.97 Å². The number of amides is 8. The number of nitrogens with zero attached hydrogens (tertiary/aromatic N) is 5. The van der Waals surface area contributed by atoms with Gasteiger partial charge in [-0.05, 0) is 108 Å². The summed E-state index contributed by atoms with van der Waals surface area (Å²) in [6.45, 7) is 7.03. The highest BCUT2D eigenvalue weighted by molar-refractivity contribution is 5.99. The van der Waals surface area contributed by atoms with Gasteiger partial charge in [-0.3, -0.25) is 43.3 Å². The Kier molecular flexibility index (Phi) is 20.9. The van der Waals surface area contributed by atoms with E-state index in [1.165, 1.54) is 40.7 Å². The normalized spacial score (nSPS) is 22.5. The van der Waals surface area contributed by atoms with Crippen LogP contribution in [0, 0.1) is 5.92 Å². The van der Waals surface area contributed by atoms with Crippen LogP contribution in [-0.2, 0) is 49.6 Å². The number of guanidine groups is 1. The highest BCUT2D eigenvalue weighted by Crippen LogP contribution is 2.28. The third kappa shape index (κ3) is 15.0. The monoisotopic (exact) mass is 1040 g/mol. The molecule has 0 bridgehead atoms. The highest BCUT2D eigenvalue weighted by atomic mass is 16.4. The Morgan fingerprint density at radius 1 is 0.635 bits per heavy atom. The summed E-state index contributed by atoms with van der Waals surface area (Å²) in [7, 11) is 0. The summed E-state index contributed by atoms with van der Waals surface area (Å²) in [6, 6.07) is -4.85. The van der Waals surface area contributed by atoms with Crippen molar-refractivity contribution in [2.75, 3.05) is 32.7 Å². The quantitative estimate of drug-likeness (QED) is 0.0298. The van der Waals surface area contributed by atoms with Crippen LogP contribution in [0.5, 0.6) is 5.75 Å². The van der Waals surface area contributed by atoms with Crippen molar-refractivity contribution in [2.45, 2.75) is 171 Å². The van der Waals surface area contributed by atoms with Gasteiger partial charge in [-0.2, -0.15) is 0 Å². The molecular formula is C49H76N12O13. The van der Waals surface area contributed by atoms with Crippen molar-refractivity contribution >= 4 is 59.2 Å². The van der Waals surface area contributed by atoms with Crippen molar-refractivity contribution in [1.29, 1.82) is 0 Å². The van der Waals surface area contributed by atoms with E-state index < -0.39 is 120 Å². The molecule has 0 unspecified atom stereocenters. The lowest BCUT2D eigenvalue weighted by Gasteiger charge is -2.34. The predicted octanol–water partition coefficient (Wildman–Crippen LogP) is -2.89. The van der Waals surface area contributed by atoms with E-state index in [4.69, 9.17) is 17.2 Å². The van der Waals surface area contributed by atoms with Crippen LogP contribution in [0.15, 0.2) is 29.3 Å². The van der Waals surface area contributed by atoms with E-state index in [-0.39, 0.29) is 102 Å². The molecule has 5 rings (SSSR count). The summed E-state index contributed by atoms with van der Waals surface area (Å²) < 4.78 is 0. The Labute approximate surface area is 430 Å². The number of nitrogens with two attached hydrogens (primary N) is 3. The molecule has 410 valence electrons. The molecule has 4 heterocycles. The number of carbonyl (C=O) groups excluding carboxylic acids is 8. The summed E-state index contributed by atoms with van der Waals surface area (Å²) in [5.41, 5.74) is 17.3. The molecule has 4 aliphatic heterocycles. The molecule has 0 spiro atoms. The number of carboxylic acids is 1. The van der Waals surface area contributed by atoms with Gasteiger partial charge in [0.15, 0.2) is 5.96 Å². The lowest BCUT2D eigenvalue weighted by molar-refractivity contribution is -0.151.